The van der Waals surface area contributed by atoms with Crippen molar-refractivity contribution in [2.75, 3.05) is 27.2 Å². The molecule has 126 valence electrons. The number of likely N-dealkylation sites (N-methyl/N-ethyl adjacent to an activating group) is 1. The smallest absolute Gasteiger partial charge is 0.224 e. The Hall–Kier alpha value is -1.81. The van der Waals surface area contributed by atoms with Gasteiger partial charge >= 0.3 is 0 Å². The average Bonchev–Trinajstić information content (AvgIpc) is 2.53. The van der Waals surface area contributed by atoms with Crippen molar-refractivity contribution in [3.8, 4) is 5.75 Å². The van der Waals surface area contributed by atoms with Crippen LogP contribution in [-0.2, 0) is 11.2 Å². The third-order valence-electron chi connectivity index (χ3n) is 4.28. The van der Waals surface area contributed by atoms with Gasteiger partial charge < -0.3 is 15.0 Å². The van der Waals surface area contributed by atoms with Crippen molar-refractivity contribution in [2.24, 2.45) is 5.92 Å². The summed E-state index contributed by atoms with van der Waals surface area (Å²) in [7, 11) is 3.77. The average molecular weight is 316 g/mol. The largest absolute Gasteiger partial charge is 0.497 e. The molecule has 0 aliphatic carbocycles. The number of methoxy groups -OCH3 is 1. The Labute approximate surface area is 139 Å². The summed E-state index contributed by atoms with van der Waals surface area (Å²) in [4.78, 5) is 14.7. The van der Waals surface area contributed by atoms with Crippen molar-refractivity contribution < 1.29 is 9.53 Å². The fourth-order valence-corrected chi connectivity index (χ4v) is 2.99. The standard InChI is InChI=1S/C19H28N2O2/c1-14(2)19(16-6-5-11-21(3)13-16)20-18(22)12-15-7-9-17(23-4)10-8-15/h6-10,14,19H,5,11-13H2,1-4H3,(H,20,22). The van der Waals surface area contributed by atoms with Crippen LogP contribution in [0.15, 0.2) is 35.9 Å². The summed E-state index contributed by atoms with van der Waals surface area (Å²) in [5.74, 6) is 1.26. The Balaban J connectivity index is 1.98. The van der Waals surface area contributed by atoms with Crippen LogP contribution < -0.4 is 10.1 Å². The molecule has 1 unspecified atom stereocenters. The van der Waals surface area contributed by atoms with Gasteiger partial charge in [-0.3, -0.25) is 4.79 Å². The van der Waals surface area contributed by atoms with Crippen LogP contribution in [0.25, 0.3) is 0 Å². The monoisotopic (exact) mass is 316 g/mol. The molecule has 1 aromatic carbocycles. The summed E-state index contributed by atoms with van der Waals surface area (Å²) < 4.78 is 5.15. The number of nitrogens with zero attached hydrogens (tertiary/aromatic N) is 1. The van der Waals surface area contributed by atoms with Crippen molar-refractivity contribution in [3.63, 3.8) is 0 Å². The van der Waals surface area contributed by atoms with Gasteiger partial charge in [-0.2, -0.15) is 0 Å². The third kappa shape index (κ3) is 5.10. The number of carbonyl (C=O) groups is 1. The number of nitrogens with one attached hydrogen (secondary N) is 1. The van der Waals surface area contributed by atoms with Gasteiger partial charge in [-0.05, 0) is 42.7 Å². The third-order valence-corrected chi connectivity index (χ3v) is 4.28. The molecule has 4 heteroatoms. The fourth-order valence-electron chi connectivity index (χ4n) is 2.99. The topological polar surface area (TPSA) is 41.6 Å². The lowest BCUT2D eigenvalue weighted by molar-refractivity contribution is -0.121. The van der Waals surface area contributed by atoms with Crippen LogP contribution in [0.1, 0.15) is 25.8 Å². The molecule has 1 aliphatic heterocycles. The van der Waals surface area contributed by atoms with Gasteiger partial charge in [-0.15, -0.1) is 0 Å². The molecule has 4 nitrogen and oxygen atoms in total. The van der Waals surface area contributed by atoms with Gasteiger partial charge in [-0.1, -0.05) is 32.1 Å². The molecule has 1 aliphatic rings. The predicted molar refractivity (Wildman–Crippen MR) is 93.7 cm³/mol. The van der Waals surface area contributed by atoms with Gasteiger partial charge in [0.15, 0.2) is 0 Å². The van der Waals surface area contributed by atoms with E-state index < -0.39 is 0 Å². The van der Waals surface area contributed by atoms with Crippen molar-refractivity contribution in [1.82, 2.24) is 10.2 Å². The van der Waals surface area contributed by atoms with E-state index in [1.807, 2.05) is 24.3 Å². The first-order valence-corrected chi connectivity index (χ1v) is 8.29. The summed E-state index contributed by atoms with van der Waals surface area (Å²) in [6, 6.07) is 7.78. The van der Waals surface area contributed by atoms with Crippen molar-refractivity contribution >= 4 is 5.91 Å². The number of carbonyl (C=O) groups excluding carboxylic acids is 1. The number of benzene rings is 1. The highest BCUT2D eigenvalue weighted by molar-refractivity contribution is 5.79. The van der Waals surface area contributed by atoms with Crippen LogP contribution in [0.3, 0.4) is 0 Å². The second-order valence-electron chi connectivity index (χ2n) is 6.62. The molecule has 1 aromatic rings. The molecule has 1 heterocycles. The van der Waals surface area contributed by atoms with Crippen LogP contribution in [0.4, 0.5) is 0 Å². The van der Waals surface area contributed by atoms with Gasteiger partial charge in [0.05, 0.1) is 19.6 Å². The normalized spacial score (nSPS) is 16.8. The molecule has 0 saturated heterocycles. The fraction of sp³-hybridized carbons (Fsp3) is 0.526. The maximum absolute atomic E-state index is 12.4. The first kappa shape index (κ1) is 17.5. The van der Waals surface area contributed by atoms with Crippen molar-refractivity contribution in [1.29, 1.82) is 0 Å². The molecule has 0 spiro atoms. The minimum Gasteiger partial charge on any atom is -0.497 e. The highest BCUT2D eigenvalue weighted by Gasteiger charge is 2.23. The van der Waals surface area contributed by atoms with E-state index in [1.54, 1.807) is 7.11 Å². The maximum Gasteiger partial charge on any atom is 0.224 e. The molecule has 1 atom stereocenters. The molecule has 0 aromatic heterocycles. The van der Waals surface area contributed by atoms with Gasteiger partial charge in [0, 0.05) is 13.1 Å². The highest BCUT2D eigenvalue weighted by atomic mass is 16.5. The van der Waals surface area contributed by atoms with Crippen LogP contribution >= 0.6 is 0 Å². The van der Waals surface area contributed by atoms with E-state index >= 15 is 0 Å². The first-order chi connectivity index (χ1) is 11.0. The summed E-state index contributed by atoms with van der Waals surface area (Å²) in [5, 5.41) is 3.22. The molecule has 0 bridgehead atoms. The van der Waals surface area contributed by atoms with Gasteiger partial charge in [-0.25, -0.2) is 0 Å². The predicted octanol–water partition coefficient (Wildman–Crippen LogP) is 2.64. The zero-order valence-corrected chi connectivity index (χ0v) is 14.6. The number of rotatable bonds is 6. The lowest BCUT2D eigenvalue weighted by Crippen LogP contribution is -2.44. The molecule has 2 rings (SSSR count). The Bertz CT molecular complexity index is 549. The van der Waals surface area contributed by atoms with Crippen molar-refractivity contribution in [3.05, 3.63) is 41.5 Å². The Morgan fingerprint density at radius 3 is 2.57 bits per heavy atom. The second kappa shape index (κ2) is 8.16. The summed E-state index contributed by atoms with van der Waals surface area (Å²) in [5.41, 5.74) is 2.33. The summed E-state index contributed by atoms with van der Waals surface area (Å²) in [6.07, 6.45) is 3.75. The van der Waals surface area contributed by atoms with Gasteiger partial charge in [0.2, 0.25) is 5.91 Å². The molecule has 1 amide bonds. The van der Waals surface area contributed by atoms with E-state index in [2.05, 4.69) is 37.2 Å². The minimum atomic E-state index is 0.0722. The van der Waals surface area contributed by atoms with E-state index in [4.69, 9.17) is 4.74 Å². The second-order valence-corrected chi connectivity index (χ2v) is 6.62. The minimum absolute atomic E-state index is 0.0722. The maximum atomic E-state index is 12.4. The molecular formula is C19H28N2O2. The molecule has 0 radical (unpaired) electrons. The summed E-state index contributed by atoms with van der Waals surface area (Å²) in [6.45, 7) is 6.35. The number of hydrogen-bond donors (Lipinski definition) is 1. The molecule has 0 fully saturated rings. The van der Waals surface area contributed by atoms with Crippen LogP contribution in [0, 0.1) is 5.92 Å². The van der Waals surface area contributed by atoms with Gasteiger partial charge in [0.1, 0.15) is 5.75 Å². The van der Waals surface area contributed by atoms with Crippen LogP contribution in [0.5, 0.6) is 5.75 Å². The number of ether oxygens (including phenoxy) is 1. The lowest BCUT2D eigenvalue weighted by atomic mass is 9.92. The molecule has 1 N–H and O–H groups in total. The Morgan fingerprint density at radius 1 is 1.30 bits per heavy atom. The Kier molecular flexibility index (Phi) is 6.22. The zero-order chi connectivity index (χ0) is 16.8. The Morgan fingerprint density at radius 2 is 2.00 bits per heavy atom. The van der Waals surface area contributed by atoms with Crippen molar-refractivity contribution in [2.45, 2.75) is 32.7 Å². The SMILES string of the molecule is COc1ccc(CC(=O)NC(C2=CCCN(C)C2)C(C)C)cc1. The van der Waals surface area contributed by atoms with E-state index in [9.17, 15) is 4.79 Å². The van der Waals surface area contributed by atoms with Crippen LogP contribution in [-0.4, -0.2) is 44.1 Å². The number of amides is 1. The highest BCUT2D eigenvalue weighted by Crippen LogP contribution is 2.18. The molecular weight excluding hydrogens is 288 g/mol. The van der Waals surface area contributed by atoms with E-state index in [-0.39, 0.29) is 11.9 Å². The zero-order valence-electron chi connectivity index (χ0n) is 14.6. The lowest BCUT2D eigenvalue weighted by Gasteiger charge is -2.31. The van der Waals surface area contributed by atoms with E-state index in [1.165, 1.54) is 5.57 Å². The quantitative estimate of drug-likeness (QED) is 0.820. The molecule has 23 heavy (non-hydrogen) atoms. The first-order valence-electron chi connectivity index (χ1n) is 8.29. The summed E-state index contributed by atoms with van der Waals surface area (Å²) >= 11 is 0. The number of hydrogen-bond acceptors (Lipinski definition) is 3. The van der Waals surface area contributed by atoms with Gasteiger partial charge in [0.25, 0.3) is 0 Å². The molecule has 0 saturated carbocycles. The van der Waals surface area contributed by atoms with E-state index in [0.29, 0.717) is 12.3 Å². The van der Waals surface area contributed by atoms with Crippen LogP contribution in [0.2, 0.25) is 0 Å². The van der Waals surface area contributed by atoms with E-state index in [0.717, 1.165) is 30.8 Å².